The minimum atomic E-state index is -2.74. The Bertz CT molecular complexity index is 238. The van der Waals surface area contributed by atoms with E-state index in [0.717, 1.165) is 0 Å². The second-order valence-electron chi connectivity index (χ2n) is 2.48. The average molecular weight is 458 g/mol. The Labute approximate surface area is 157 Å². The van der Waals surface area contributed by atoms with Gasteiger partial charge in [-0.05, 0) is 0 Å². The molecule has 0 aromatic heterocycles. The van der Waals surface area contributed by atoms with E-state index < -0.39 is 36.4 Å². The maximum atomic E-state index is 10.3. The van der Waals surface area contributed by atoms with Gasteiger partial charge in [0.2, 0.25) is 0 Å². The Morgan fingerprint density at radius 3 is 0.952 bits per heavy atom. The topological polar surface area (TPSA) is 353 Å². The zero-order chi connectivity index (χ0) is 10.6. The molecule has 0 saturated heterocycles. The van der Waals surface area contributed by atoms with Crippen LogP contribution in [0.1, 0.15) is 12.8 Å². The third-order valence-electron chi connectivity index (χ3n) is 1.29. The van der Waals surface area contributed by atoms with Crippen LogP contribution in [-0.2, 0) is 14.4 Å². The van der Waals surface area contributed by atoms with Gasteiger partial charge < -0.3 is 58.8 Å². The first-order chi connectivity index (χ1) is 5.78. The van der Waals surface area contributed by atoms with Crippen molar-refractivity contribution in [2.75, 3.05) is 0 Å². The van der Waals surface area contributed by atoms with Crippen molar-refractivity contribution in [3.8, 4) is 0 Å². The van der Waals surface area contributed by atoms with Crippen LogP contribution in [0.25, 0.3) is 0 Å². The summed E-state index contributed by atoms with van der Waals surface area (Å²) in [5.41, 5.74) is -2.74. The molecule has 0 unspecified atom stereocenters. The molecule has 14 nitrogen and oxygen atoms in total. The van der Waals surface area contributed by atoms with Crippen molar-refractivity contribution in [3.05, 3.63) is 0 Å². The van der Waals surface area contributed by atoms with Crippen LogP contribution >= 0.6 is 0 Å². The van der Waals surface area contributed by atoms with E-state index in [4.69, 9.17) is 20.4 Å². The molecule has 0 fully saturated rings. The van der Waals surface area contributed by atoms with Crippen LogP contribution in [0, 0.1) is 0 Å². The number of aliphatic hydroxyl groups is 1. The molecule has 0 amide bonds. The molecule has 15 heteroatoms. The summed E-state index contributed by atoms with van der Waals surface area (Å²) >= 11 is 0. The monoisotopic (exact) mass is 458 g/mol. The number of rotatable bonds is 5. The number of aliphatic carboxylic acids is 3. The molecule has 0 aliphatic carbocycles. The molecule has 0 rings (SSSR count). The first-order valence-corrected chi connectivity index (χ1v) is 3.17. The standard InChI is InChI=1S/C6H8O7.Ba.7H2O.2H/c7-3(8)1-6(13,5(11)12)2-4(9)10;;;;;;;;;;/h13H,1-2H2,(H,7,8)(H,9,10)(H,11,12);;7*1H2;;. The Kier molecular flexibility index (Phi) is 69.0. The molecule has 18 N–H and O–H groups in total. The molecule has 0 aromatic carbocycles. The van der Waals surface area contributed by atoms with E-state index in [2.05, 4.69) is 0 Å². The molecule has 0 heterocycles. The van der Waals surface area contributed by atoms with Crippen LogP contribution in [0.15, 0.2) is 0 Å². The van der Waals surface area contributed by atoms with Crippen molar-refractivity contribution in [1.29, 1.82) is 0 Å². The summed E-state index contributed by atoms with van der Waals surface area (Å²) in [6.45, 7) is 0. The number of carboxylic acid groups (broad SMARTS) is 3. The molecule has 0 aromatic rings. The van der Waals surface area contributed by atoms with Crippen LogP contribution < -0.4 is 0 Å². The van der Waals surface area contributed by atoms with Crippen molar-refractivity contribution < 1.29 is 73.1 Å². The third kappa shape index (κ3) is 25.0. The molecule has 134 valence electrons. The maximum absolute atomic E-state index is 10.3. The van der Waals surface area contributed by atoms with Gasteiger partial charge in [-0.1, -0.05) is 0 Å². The van der Waals surface area contributed by atoms with Gasteiger partial charge in [0.15, 0.2) is 5.60 Å². The minimum absolute atomic E-state index is 0. The van der Waals surface area contributed by atoms with Crippen molar-refractivity contribution in [1.82, 2.24) is 0 Å². The Morgan fingerprint density at radius 1 is 0.667 bits per heavy atom. The summed E-state index contributed by atoms with van der Waals surface area (Å²) in [6.07, 6.45) is -2.29. The molecular weight excluding hydrogens is 433 g/mol. The zero-order valence-corrected chi connectivity index (χ0v) is 9.93. The van der Waals surface area contributed by atoms with Crippen molar-refractivity contribution in [3.63, 3.8) is 0 Å². The van der Waals surface area contributed by atoms with Crippen molar-refractivity contribution in [2.24, 2.45) is 0 Å². The summed E-state index contributed by atoms with van der Waals surface area (Å²) in [5, 5.41) is 33.8. The van der Waals surface area contributed by atoms with Crippen LogP contribution in [0.5, 0.6) is 0 Å². The van der Waals surface area contributed by atoms with Gasteiger partial charge in [-0.2, -0.15) is 0 Å². The summed E-state index contributed by atoms with van der Waals surface area (Å²) in [6, 6.07) is 0. The fourth-order valence-electron chi connectivity index (χ4n) is 0.714. The second kappa shape index (κ2) is 24.7. The molecule has 0 aliphatic rings. The van der Waals surface area contributed by atoms with Gasteiger partial charge in [0.1, 0.15) is 0 Å². The first-order valence-electron chi connectivity index (χ1n) is 3.17. The molecule has 0 bridgehead atoms. The van der Waals surface area contributed by atoms with Crippen LogP contribution in [0.4, 0.5) is 0 Å². The van der Waals surface area contributed by atoms with Gasteiger partial charge in [0.05, 0.1) is 12.8 Å². The van der Waals surface area contributed by atoms with E-state index in [1.54, 1.807) is 0 Å². The normalized spacial score (nSPS) is 6.71. The predicted molar refractivity (Wildman–Crippen MR) is 70.9 cm³/mol. The Balaban J connectivity index is -0.0000000257. The second-order valence-corrected chi connectivity index (χ2v) is 2.48. The molecular formula is C6H24BaO14. The van der Waals surface area contributed by atoms with Crippen LogP contribution in [-0.4, -0.2) is 131 Å². The molecule has 0 spiro atoms. The number of hydrogen-bond acceptors (Lipinski definition) is 4. The molecule has 0 aliphatic heterocycles. The summed E-state index contributed by atoms with van der Waals surface area (Å²) in [5.74, 6) is -5.02. The van der Waals surface area contributed by atoms with E-state index in [9.17, 15) is 14.4 Å². The molecule has 0 saturated carbocycles. The average Bonchev–Trinajstić information content (AvgIpc) is 1.82. The molecule has 0 atom stereocenters. The van der Waals surface area contributed by atoms with Crippen molar-refractivity contribution >= 4 is 66.8 Å². The predicted octanol–water partition coefficient (Wildman–Crippen LogP) is -7.94. The number of carboxylic acids is 3. The van der Waals surface area contributed by atoms with E-state index in [0.29, 0.717) is 0 Å². The quantitative estimate of drug-likeness (QED) is 0.288. The Hall–Kier alpha value is -0.339. The van der Waals surface area contributed by atoms with Gasteiger partial charge in [-0.3, -0.25) is 9.59 Å². The summed E-state index contributed by atoms with van der Waals surface area (Å²) in [7, 11) is 0. The SMILES string of the molecule is O.O.O.O.O.O.O.O=C(O)CC(O)(CC(=O)O)C(=O)O.[BaH2]. The van der Waals surface area contributed by atoms with Crippen LogP contribution in [0.2, 0.25) is 0 Å². The van der Waals surface area contributed by atoms with Gasteiger partial charge in [-0.15, -0.1) is 0 Å². The van der Waals surface area contributed by atoms with E-state index in [1.807, 2.05) is 0 Å². The van der Waals surface area contributed by atoms with Gasteiger partial charge in [0.25, 0.3) is 0 Å². The van der Waals surface area contributed by atoms with Crippen LogP contribution in [0.3, 0.4) is 0 Å². The first kappa shape index (κ1) is 58.7. The van der Waals surface area contributed by atoms with Crippen molar-refractivity contribution in [2.45, 2.75) is 18.4 Å². The number of hydrogen-bond donors (Lipinski definition) is 4. The molecule has 21 heavy (non-hydrogen) atoms. The Morgan fingerprint density at radius 2 is 0.857 bits per heavy atom. The van der Waals surface area contributed by atoms with Gasteiger partial charge in [-0.25, -0.2) is 4.79 Å². The summed E-state index contributed by atoms with van der Waals surface area (Å²) < 4.78 is 0. The molecule has 0 radical (unpaired) electrons. The van der Waals surface area contributed by atoms with Gasteiger partial charge in [0, 0.05) is 0 Å². The van der Waals surface area contributed by atoms with E-state index in [-0.39, 0.29) is 87.2 Å². The number of carbonyl (C=O) groups is 3. The van der Waals surface area contributed by atoms with Gasteiger partial charge >= 0.3 is 66.8 Å². The zero-order valence-electron chi connectivity index (χ0n) is 9.93. The van der Waals surface area contributed by atoms with E-state index in [1.165, 1.54) is 0 Å². The fraction of sp³-hybridized carbons (Fsp3) is 0.500. The third-order valence-corrected chi connectivity index (χ3v) is 1.29. The summed E-state index contributed by atoms with van der Waals surface area (Å²) in [4.78, 5) is 30.5. The fourth-order valence-corrected chi connectivity index (χ4v) is 0.714. The van der Waals surface area contributed by atoms with E-state index >= 15 is 0 Å².